The topological polar surface area (TPSA) is 47.3 Å². The second-order valence-electron chi connectivity index (χ2n) is 5.29. The average molecular weight is 258 g/mol. The highest BCUT2D eigenvalue weighted by Crippen LogP contribution is 2.21. The highest BCUT2D eigenvalue weighted by atomic mass is 16.4. The van der Waals surface area contributed by atoms with Crippen LogP contribution in [0.5, 0.6) is 0 Å². The van der Waals surface area contributed by atoms with Crippen molar-refractivity contribution in [3.63, 3.8) is 0 Å². The van der Waals surface area contributed by atoms with E-state index in [1.165, 1.54) is 0 Å². The monoisotopic (exact) mass is 258 g/mol. The Kier molecular flexibility index (Phi) is 3.56. The van der Waals surface area contributed by atoms with Crippen LogP contribution in [0.2, 0.25) is 0 Å². The molecule has 1 aromatic heterocycles. The van der Waals surface area contributed by atoms with E-state index in [-0.39, 0.29) is 18.1 Å². The number of carbonyl (C=O) groups excluding carboxylic acids is 1. The lowest BCUT2D eigenvalue weighted by Gasteiger charge is -2.09. The van der Waals surface area contributed by atoms with Gasteiger partial charge >= 0.3 is 5.63 Å². The third-order valence-electron chi connectivity index (χ3n) is 3.44. The minimum absolute atomic E-state index is 0.0573. The van der Waals surface area contributed by atoms with E-state index < -0.39 is 5.63 Å². The van der Waals surface area contributed by atoms with Crippen molar-refractivity contribution in [2.45, 2.75) is 34.1 Å². The molecule has 0 unspecified atom stereocenters. The molecule has 0 amide bonds. The summed E-state index contributed by atoms with van der Waals surface area (Å²) in [5.41, 5.74) is 2.56. The zero-order chi connectivity index (χ0) is 14.2. The fourth-order valence-corrected chi connectivity index (χ4v) is 2.08. The van der Waals surface area contributed by atoms with Crippen LogP contribution in [0, 0.1) is 19.8 Å². The van der Waals surface area contributed by atoms with Crippen molar-refractivity contribution < 1.29 is 9.21 Å². The number of ketones is 1. The third-order valence-corrected chi connectivity index (χ3v) is 3.44. The Balaban J connectivity index is 2.60. The summed E-state index contributed by atoms with van der Waals surface area (Å²) in [6.07, 6.45) is 0.148. The summed E-state index contributed by atoms with van der Waals surface area (Å²) in [6.45, 7) is 7.50. The Morgan fingerprint density at radius 1 is 1.26 bits per heavy atom. The van der Waals surface area contributed by atoms with Crippen LogP contribution in [-0.4, -0.2) is 5.78 Å². The van der Waals surface area contributed by atoms with Crippen molar-refractivity contribution in [3.8, 4) is 0 Å². The molecule has 2 rings (SSSR count). The molecule has 0 bridgehead atoms. The molecule has 3 heteroatoms. The molecule has 0 saturated carbocycles. The lowest BCUT2D eigenvalue weighted by Crippen LogP contribution is -2.18. The molecule has 100 valence electrons. The molecule has 1 aromatic carbocycles. The van der Waals surface area contributed by atoms with E-state index in [4.69, 9.17) is 4.42 Å². The molecule has 0 N–H and O–H groups in total. The van der Waals surface area contributed by atoms with Crippen molar-refractivity contribution in [1.82, 2.24) is 0 Å². The van der Waals surface area contributed by atoms with Gasteiger partial charge < -0.3 is 4.42 Å². The number of Topliss-reactive ketones (excluding diaryl/α,β-unsaturated/α-hetero) is 1. The van der Waals surface area contributed by atoms with E-state index in [9.17, 15) is 9.59 Å². The summed E-state index contributed by atoms with van der Waals surface area (Å²) in [5, 5.41) is 0.900. The lowest BCUT2D eigenvalue weighted by molar-refractivity contribution is -0.121. The predicted molar refractivity (Wildman–Crippen MR) is 75.5 cm³/mol. The van der Waals surface area contributed by atoms with E-state index in [2.05, 4.69) is 0 Å². The standard InChI is InChI=1S/C16H18O3/c1-9(2)14(17)8-13-11(4)12-6-5-10(3)7-15(12)19-16(13)18/h5-7,9H,8H2,1-4H3. The van der Waals surface area contributed by atoms with Crippen LogP contribution in [0.25, 0.3) is 11.0 Å². The van der Waals surface area contributed by atoms with Gasteiger partial charge in [-0.2, -0.15) is 0 Å². The summed E-state index contributed by atoms with van der Waals surface area (Å²) in [4.78, 5) is 23.8. The molecule has 0 aliphatic heterocycles. The van der Waals surface area contributed by atoms with Gasteiger partial charge in [-0.25, -0.2) is 4.79 Å². The molecule has 1 heterocycles. The second kappa shape index (κ2) is 5.00. The maximum absolute atomic E-state index is 12.0. The van der Waals surface area contributed by atoms with Crippen LogP contribution in [0.4, 0.5) is 0 Å². The van der Waals surface area contributed by atoms with Gasteiger partial charge in [0.1, 0.15) is 11.4 Å². The van der Waals surface area contributed by atoms with Gasteiger partial charge in [0, 0.05) is 23.3 Å². The van der Waals surface area contributed by atoms with Crippen LogP contribution in [0.1, 0.15) is 30.5 Å². The maximum atomic E-state index is 12.0. The summed E-state index contributed by atoms with van der Waals surface area (Å²) >= 11 is 0. The number of fused-ring (bicyclic) bond motifs is 1. The molecule has 19 heavy (non-hydrogen) atoms. The van der Waals surface area contributed by atoms with Crippen molar-refractivity contribution in [2.75, 3.05) is 0 Å². The normalized spacial score (nSPS) is 11.2. The number of carbonyl (C=O) groups is 1. The van der Waals surface area contributed by atoms with Gasteiger partial charge in [-0.05, 0) is 31.0 Å². The Bertz CT molecular complexity index is 693. The van der Waals surface area contributed by atoms with Crippen LogP contribution >= 0.6 is 0 Å². The Labute approximate surface area is 112 Å². The molecule has 0 spiro atoms. The number of hydrogen-bond donors (Lipinski definition) is 0. The molecule has 0 aliphatic carbocycles. The number of benzene rings is 1. The summed E-state index contributed by atoms with van der Waals surface area (Å²) in [6, 6.07) is 5.76. The van der Waals surface area contributed by atoms with Gasteiger partial charge in [0.25, 0.3) is 0 Å². The van der Waals surface area contributed by atoms with Gasteiger partial charge in [0.05, 0.1) is 0 Å². The predicted octanol–water partition coefficient (Wildman–Crippen LogP) is 3.18. The smallest absolute Gasteiger partial charge is 0.340 e. The molecule has 0 fully saturated rings. The third kappa shape index (κ3) is 2.60. The van der Waals surface area contributed by atoms with Gasteiger partial charge in [0.15, 0.2) is 0 Å². The van der Waals surface area contributed by atoms with Gasteiger partial charge in [0.2, 0.25) is 0 Å². The van der Waals surface area contributed by atoms with Crippen molar-refractivity contribution in [3.05, 3.63) is 45.3 Å². The molecule has 0 radical (unpaired) electrons. The fraction of sp³-hybridized carbons (Fsp3) is 0.375. The minimum Gasteiger partial charge on any atom is -0.422 e. The minimum atomic E-state index is -0.399. The fourth-order valence-electron chi connectivity index (χ4n) is 2.08. The molecule has 3 nitrogen and oxygen atoms in total. The first-order valence-electron chi connectivity index (χ1n) is 6.46. The number of rotatable bonds is 3. The van der Waals surface area contributed by atoms with Gasteiger partial charge in [-0.3, -0.25) is 4.79 Å². The second-order valence-corrected chi connectivity index (χ2v) is 5.29. The maximum Gasteiger partial charge on any atom is 0.340 e. The first-order chi connectivity index (χ1) is 8.90. The van der Waals surface area contributed by atoms with E-state index in [1.807, 2.05) is 45.9 Å². The van der Waals surface area contributed by atoms with Crippen LogP contribution in [0.15, 0.2) is 27.4 Å². The van der Waals surface area contributed by atoms with Crippen LogP contribution in [0.3, 0.4) is 0 Å². The van der Waals surface area contributed by atoms with Crippen molar-refractivity contribution >= 4 is 16.8 Å². The molecule has 0 saturated heterocycles. The van der Waals surface area contributed by atoms with Crippen LogP contribution < -0.4 is 5.63 Å². The zero-order valence-electron chi connectivity index (χ0n) is 11.7. The summed E-state index contributed by atoms with van der Waals surface area (Å²) < 4.78 is 5.33. The molecular formula is C16H18O3. The SMILES string of the molecule is Cc1ccc2c(C)c(CC(=O)C(C)C)c(=O)oc2c1. The summed E-state index contributed by atoms with van der Waals surface area (Å²) in [5.74, 6) is -0.0191. The quantitative estimate of drug-likeness (QED) is 0.794. The van der Waals surface area contributed by atoms with Gasteiger partial charge in [-0.1, -0.05) is 26.0 Å². The van der Waals surface area contributed by atoms with E-state index in [1.54, 1.807) is 0 Å². The first-order valence-corrected chi connectivity index (χ1v) is 6.46. The first kappa shape index (κ1) is 13.5. The molecular weight excluding hydrogens is 240 g/mol. The Morgan fingerprint density at radius 3 is 2.58 bits per heavy atom. The highest BCUT2D eigenvalue weighted by Gasteiger charge is 2.16. The Hall–Kier alpha value is -1.90. The zero-order valence-corrected chi connectivity index (χ0v) is 11.7. The largest absolute Gasteiger partial charge is 0.422 e. The Morgan fingerprint density at radius 2 is 1.95 bits per heavy atom. The molecule has 0 aliphatic rings. The number of aryl methyl sites for hydroxylation is 2. The average Bonchev–Trinajstić information content (AvgIpc) is 2.33. The van der Waals surface area contributed by atoms with Crippen molar-refractivity contribution in [2.24, 2.45) is 5.92 Å². The van der Waals surface area contributed by atoms with E-state index >= 15 is 0 Å². The summed E-state index contributed by atoms with van der Waals surface area (Å²) in [7, 11) is 0. The van der Waals surface area contributed by atoms with Crippen molar-refractivity contribution in [1.29, 1.82) is 0 Å². The van der Waals surface area contributed by atoms with E-state index in [0.717, 1.165) is 16.5 Å². The molecule has 2 aromatic rings. The number of hydrogen-bond acceptors (Lipinski definition) is 3. The molecule has 0 atom stereocenters. The highest BCUT2D eigenvalue weighted by molar-refractivity contribution is 5.86. The lowest BCUT2D eigenvalue weighted by atomic mass is 9.97. The van der Waals surface area contributed by atoms with Gasteiger partial charge in [-0.15, -0.1) is 0 Å². The van der Waals surface area contributed by atoms with E-state index in [0.29, 0.717) is 11.1 Å². The van der Waals surface area contributed by atoms with Crippen LogP contribution in [-0.2, 0) is 11.2 Å².